The van der Waals surface area contributed by atoms with Crippen molar-refractivity contribution in [2.45, 2.75) is 0 Å². The standard InChI is InChI=1S/C24H16Cl2N2O4/c25-19-7-2-6-18(23(19)26)20-11-9-17(32-20)10-12-22(29)27-15-4-1-5-16(14-15)28-24(30)21-8-3-13-31-21/h1-14H,(H,27,29)(H,28,30). The lowest BCUT2D eigenvalue weighted by atomic mass is 10.2. The number of hydrogen-bond acceptors (Lipinski definition) is 4. The molecule has 6 nitrogen and oxygen atoms in total. The molecule has 32 heavy (non-hydrogen) atoms. The highest BCUT2D eigenvalue weighted by Crippen LogP contribution is 2.34. The van der Waals surface area contributed by atoms with E-state index in [9.17, 15) is 9.59 Å². The molecule has 0 atom stereocenters. The number of carbonyl (C=O) groups is 2. The molecule has 2 N–H and O–H groups in total. The van der Waals surface area contributed by atoms with Crippen LogP contribution in [0.15, 0.2) is 87.9 Å². The molecule has 0 aliphatic carbocycles. The first-order valence-electron chi connectivity index (χ1n) is 9.48. The van der Waals surface area contributed by atoms with Crippen molar-refractivity contribution in [3.63, 3.8) is 0 Å². The summed E-state index contributed by atoms with van der Waals surface area (Å²) in [7, 11) is 0. The number of anilines is 2. The third kappa shape index (κ3) is 5.11. The van der Waals surface area contributed by atoms with Gasteiger partial charge in [-0.1, -0.05) is 35.3 Å². The predicted molar refractivity (Wildman–Crippen MR) is 125 cm³/mol. The summed E-state index contributed by atoms with van der Waals surface area (Å²) in [6.07, 6.45) is 4.31. The Kier molecular flexibility index (Phi) is 6.44. The van der Waals surface area contributed by atoms with Crippen LogP contribution in [0.3, 0.4) is 0 Å². The summed E-state index contributed by atoms with van der Waals surface area (Å²) >= 11 is 12.3. The van der Waals surface area contributed by atoms with Gasteiger partial charge in [-0.15, -0.1) is 0 Å². The maximum Gasteiger partial charge on any atom is 0.291 e. The minimum absolute atomic E-state index is 0.194. The van der Waals surface area contributed by atoms with Gasteiger partial charge >= 0.3 is 0 Å². The van der Waals surface area contributed by atoms with Crippen molar-refractivity contribution in [3.8, 4) is 11.3 Å². The van der Waals surface area contributed by atoms with Gasteiger partial charge in [0.1, 0.15) is 11.5 Å². The van der Waals surface area contributed by atoms with Crippen molar-refractivity contribution in [1.29, 1.82) is 0 Å². The summed E-state index contributed by atoms with van der Waals surface area (Å²) in [5, 5.41) is 6.27. The largest absolute Gasteiger partial charge is 0.459 e. The van der Waals surface area contributed by atoms with Gasteiger partial charge in [-0.3, -0.25) is 9.59 Å². The minimum Gasteiger partial charge on any atom is -0.459 e. The zero-order chi connectivity index (χ0) is 22.5. The van der Waals surface area contributed by atoms with E-state index >= 15 is 0 Å². The molecule has 2 aromatic carbocycles. The number of nitrogens with one attached hydrogen (secondary N) is 2. The van der Waals surface area contributed by atoms with Gasteiger partial charge < -0.3 is 19.5 Å². The second kappa shape index (κ2) is 9.60. The van der Waals surface area contributed by atoms with Crippen LogP contribution in [0.25, 0.3) is 17.4 Å². The topological polar surface area (TPSA) is 84.5 Å². The number of rotatable bonds is 6. The van der Waals surface area contributed by atoms with E-state index in [1.54, 1.807) is 72.8 Å². The maximum atomic E-state index is 12.3. The summed E-state index contributed by atoms with van der Waals surface area (Å²) in [6.45, 7) is 0. The highest BCUT2D eigenvalue weighted by Gasteiger charge is 2.11. The van der Waals surface area contributed by atoms with Crippen LogP contribution in [0.5, 0.6) is 0 Å². The highest BCUT2D eigenvalue weighted by atomic mass is 35.5. The van der Waals surface area contributed by atoms with Gasteiger partial charge in [-0.05, 0) is 60.7 Å². The number of hydrogen-bond donors (Lipinski definition) is 2. The molecule has 160 valence electrons. The molecule has 4 rings (SSSR count). The second-order valence-electron chi connectivity index (χ2n) is 6.64. The molecule has 4 aromatic rings. The van der Waals surface area contributed by atoms with Crippen molar-refractivity contribution in [2.75, 3.05) is 10.6 Å². The monoisotopic (exact) mass is 466 g/mol. The van der Waals surface area contributed by atoms with E-state index in [0.29, 0.717) is 38.5 Å². The number of carbonyl (C=O) groups excluding carboxylic acids is 2. The van der Waals surface area contributed by atoms with Crippen LogP contribution in [0.4, 0.5) is 11.4 Å². The lowest BCUT2D eigenvalue weighted by Gasteiger charge is -2.06. The highest BCUT2D eigenvalue weighted by molar-refractivity contribution is 6.43. The first-order valence-corrected chi connectivity index (χ1v) is 10.2. The molecule has 0 saturated heterocycles. The normalized spacial score (nSPS) is 10.9. The molecule has 2 heterocycles. The Morgan fingerprint density at radius 2 is 1.66 bits per heavy atom. The van der Waals surface area contributed by atoms with Crippen molar-refractivity contribution < 1.29 is 18.4 Å². The van der Waals surface area contributed by atoms with E-state index in [-0.39, 0.29) is 17.6 Å². The van der Waals surface area contributed by atoms with Crippen molar-refractivity contribution in [1.82, 2.24) is 0 Å². The molecule has 0 spiro atoms. The minimum atomic E-state index is -0.383. The smallest absolute Gasteiger partial charge is 0.291 e. The number of benzene rings is 2. The quantitative estimate of drug-likeness (QED) is 0.307. The molecule has 0 aliphatic rings. The molecule has 2 aromatic heterocycles. The van der Waals surface area contributed by atoms with Gasteiger partial charge in [-0.2, -0.15) is 0 Å². The van der Waals surface area contributed by atoms with Gasteiger partial charge in [0.15, 0.2) is 5.76 Å². The molecular formula is C24H16Cl2N2O4. The van der Waals surface area contributed by atoms with E-state index < -0.39 is 0 Å². The summed E-state index contributed by atoms with van der Waals surface area (Å²) in [4.78, 5) is 24.4. The average Bonchev–Trinajstić information content (AvgIpc) is 3.47. The van der Waals surface area contributed by atoms with Crippen LogP contribution in [0.1, 0.15) is 16.3 Å². The second-order valence-corrected chi connectivity index (χ2v) is 7.42. The van der Waals surface area contributed by atoms with Crippen LogP contribution < -0.4 is 10.6 Å². The van der Waals surface area contributed by atoms with E-state index in [4.69, 9.17) is 32.0 Å². The van der Waals surface area contributed by atoms with Crippen LogP contribution in [-0.2, 0) is 4.79 Å². The summed E-state index contributed by atoms with van der Waals surface area (Å²) < 4.78 is 10.8. The number of amides is 2. The van der Waals surface area contributed by atoms with Crippen molar-refractivity contribution in [2.24, 2.45) is 0 Å². The Balaban J connectivity index is 1.39. The van der Waals surface area contributed by atoms with Crippen LogP contribution >= 0.6 is 23.2 Å². The van der Waals surface area contributed by atoms with Gasteiger partial charge in [-0.25, -0.2) is 0 Å². The molecule has 0 unspecified atom stereocenters. The van der Waals surface area contributed by atoms with Crippen LogP contribution in [0, 0.1) is 0 Å². The summed E-state index contributed by atoms with van der Waals surface area (Å²) in [6, 6.07) is 18.7. The van der Waals surface area contributed by atoms with Gasteiger partial charge in [0.05, 0.1) is 16.3 Å². The Labute approximate surface area is 193 Å². The van der Waals surface area contributed by atoms with Crippen LogP contribution in [-0.4, -0.2) is 11.8 Å². The Hall–Kier alpha value is -3.74. The zero-order valence-electron chi connectivity index (χ0n) is 16.5. The van der Waals surface area contributed by atoms with Crippen LogP contribution in [0.2, 0.25) is 10.0 Å². The summed E-state index contributed by atoms with van der Waals surface area (Å²) in [5.41, 5.74) is 1.70. The average molecular weight is 467 g/mol. The third-order valence-electron chi connectivity index (χ3n) is 4.38. The summed E-state index contributed by atoms with van der Waals surface area (Å²) in [5.74, 6) is 0.465. The maximum absolute atomic E-state index is 12.3. The number of halogens is 2. The molecule has 0 fully saturated rings. The lowest BCUT2D eigenvalue weighted by molar-refractivity contribution is -0.111. The fourth-order valence-electron chi connectivity index (χ4n) is 2.90. The molecular weight excluding hydrogens is 451 g/mol. The first-order chi connectivity index (χ1) is 15.5. The molecule has 0 saturated carbocycles. The third-order valence-corrected chi connectivity index (χ3v) is 5.19. The van der Waals surface area contributed by atoms with E-state index in [1.165, 1.54) is 12.3 Å². The molecule has 2 amide bonds. The fourth-order valence-corrected chi connectivity index (χ4v) is 3.29. The van der Waals surface area contributed by atoms with Crippen molar-refractivity contribution >= 4 is 52.5 Å². The Bertz CT molecular complexity index is 1290. The first kappa shape index (κ1) is 21.5. The molecule has 8 heteroatoms. The molecule has 0 bridgehead atoms. The van der Waals surface area contributed by atoms with E-state index in [0.717, 1.165) is 0 Å². The lowest BCUT2D eigenvalue weighted by Crippen LogP contribution is -2.12. The van der Waals surface area contributed by atoms with E-state index in [2.05, 4.69) is 10.6 Å². The van der Waals surface area contributed by atoms with E-state index in [1.807, 2.05) is 0 Å². The SMILES string of the molecule is O=C(C=Cc1ccc(-c2cccc(Cl)c2Cl)o1)Nc1cccc(NC(=O)c2ccco2)c1. The van der Waals surface area contributed by atoms with Gasteiger partial charge in [0.25, 0.3) is 5.91 Å². The Morgan fingerprint density at radius 1 is 0.875 bits per heavy atom. The van der Waals surface area contributed by atoms with Gasteiger partial charge in [0, 0.05) is 23.0 Å². The number of furan rings is 2. The predicted octanol–water partition coefficient (Wildman–Crippen LogP) is 6.75. The van der Waals surface area contributed by atoms with Crippen molar-refractivity contribution in [3.05, 3.63) is 101 Å². The van der Waals surface area contributed by atoms with Gasteiger partial charge in [0.2, 0.25) is 5.91 Å². The Morgan fingerprint density at radius 3 is 2.44 bits per heavy atom. The zero-order valence-corrected chi connectivity index (χ0v) is 18.0. The fraction of sp³-hybridized carbons (Fsp3) is 0. The molecule has 0 radical (unpaired) electrons. The molecule has 0 aliphatic heterocycles.